The van der Waals surface area contributed by atoms with Crippen LogP contribution in [0.2, 0.25) is 12.6 Å². The summed E-state index contributed by atoms with van der Waals surface area (Å²) in [5, 5.41) is 0. The van der Waals surface area contributed by atoms with Crippen molar-refractivity contribution >= 4 is 7.28 Å². The summed E-state index contributed by atoms with van der Waals surface area (Å²) in [4.78, 5) is 1.75. The van der Waals surface area contributed by atoms with Crippen LogP contribution >= 0.6 is 0 Å². The van der Waals surface area contributed by atoms with Gasteiger partial charge in [0.15, 0.2) is 0 Å². The molecule has 0 amide bonds. The molecular formula is C4H11BN3. The van der Waals surface area contributed by atoms with Crippen molar-refractivity contribution in [2.45, 2.75) is 26.5 Å². The maximum absolute atomic E-state index is 6.86. The molecule has 0 rings (SSSR count). The van der Waals surface area contributed by atoms with Gasteiger partial charge in [-0.1, -0.05) is 26.5 Å². The summed E-state index contributed by atoms with van der Waals surface area (Å²) in [6.07, 6.45) is 2.44. The molecule has 0 atom stereocenters. The molecule has 0 saturated heterocycles. The van der Waals surface area contributed by atoms with E-state index in [0.29, 0.717) is 0 Å². The van der Waals surface area contributed by atoms with Gasteiger partial charge in [0.1, 0.15) is 7.28 Å². The molecule has 0 heterocycles. The van der Waals surface area contributed by atoms with Crippen LogP contribution in [-0.4, -0.2) is 7.28 Å². The molecule has 0 spiro atoms. The molecule has 0 saturated carbocycles. The molecular weight excluding hydrogens is 101 g/mol. The highest BCUT2D eigenvalue weighted by Gasteiger charge is 1.72. The maximum atomic E-state index is 6.86. The minimum atomic E-state index is 1.22. The van der Waals surface area contributed by atoms with E-state index >= 15 is 0 Å². The first-order valence-electron chi connectivity index (χ1n) is 2.65. The van der Waals surface area contributed by atoms with E-state index in [1.807, 2.05) is 0 Å². The van der Waals surface area contributed by atoms with E-state index in [-0.39, 0.29) is 0 Å². The molecule has 0 aromatic rings. The van der Waals surface area contributed by atoms with Crippen LogP contribution in [0.4, 0.5) is 0 Å². The summed E-state index contributed by atoms with van der Waals surface area (Å²) < 4.78 is 0. The lowest BCUT2D eigenvalue weighted by Gasteiger charge is -1.75. The second-order valence-electron chi connectivity index (χ2n) is 1.21. The Bertz CT molecular complexity index is 56.3. The van der Waals surface area contributed by atoms with Gasteiger partial charge >= 0.3 is 0 Å². The summed E-state index contributed by atoms with van der Waals surface area (Å²) >= 11 is 0. The van der Waals surface area contributed by atoms with E-state index in [9.17, 15) is 0 Å². The fourth-order valence-corrected chi connectivity index (χ4v) is 0.289. The molecule has 3 nitrogen and oxygen atoms in total. The SMILES string of the molecule is CC[B]CC.[N-]=[N+]=N. The Labute approximate surface area is 50.8 Å². The van der Waals surface area contributed by atoms with Gasteiger partial charge in [0.05, 0.1) is 0 Å². The molecule has 0 aliphatic carbocycles. The Balaban J connectivity index is 0. The first kappa shape index (κ1) is 10.4. The fourth-order valence-electron chi connectivity index (χ4n) is 0.289. The first-order valence-corrected chi connectivity index (χ1v) is 2.65. The number of hydrogen-bond acceptors (Lipinski definition) is 1. The van der Waals surface area contributed by atoms with Crippen LogP contribution in [-0.2, 0) is 0 Å². The van der Waals surface area contributed by atoms with Crippen molar-refractivity contribution in [1.82, 2.24) is 0 Å². The van der Waals surface area contributed by atoms with Crippen molar-refractivity contribution in [3.8, 4) is 0 Å². The maximum Gasteiger partial charge on any atom is 0.108 e. The number of nitrogens with one attached hydrogen (secondary N) is 1. The predicted octanol–water partition coefficient (Wildman–Crippen LogP) is 2.44. The Hall–Kier alpha value is -0.625. The number of nitrogens with zero attached hydrogens (tertiary/aromatic N) is 2. The third kappa shape index (κ3) is 54.4. The minimum absolute atomic E-state index is 1.22. The molecule has 0 aromatic heterocycles. The average Bonchev–Trinajstić information content (AvgIpc) is 1.71. The van der Waals surface area contributed by atoms with E-state index in [1.54, 1.807) is 4.91 Å². The van der Waals surface area contributed by atoms with Gasteiger partial charge in [-0.05, 0) is 10.4 Å². The lowest BCUT2D eigenvalue weighted by Crippen LogP contribution is -1.76. The van der Waals surface area contributed by atoms with Crippen LogP contribution in [0.1, 0.15) is 13.8 Å². The second kappa shape index (κ2) is 16.2. The van der Waals surface area contributed by atoms with Gasteiger partial charge in [0.25, 0.3) is 0 Å². The monoisotopic (exact) mass is 112 g/mol. The summed E-state index contributed by atoms with van der Waals surface area (Å²) in [5.41, 5.74) is 12.2. The van der Waals surface area contributed by atoms with Crippen molar-refractivity contribution in [2.24, 2.45) is 0 Å². The first-order chi connectivity index (χ1) is 3.83. The molecule has 0 aromatic carbocycles. The molecule has 45 valence electrons. The molecule has 0 unspecified atom stereocenters. The highest BCUT2D eigenvalue weighted by Crippen LogP contribution is 1.77. The third-order valence-corrected chi connectivity index (χ3v) is 0.577. The quantitative estimate of drug-likeness (QED) is 0.247. The van der Waals surface area contributed by atoms with E-state index in [1.165, 1.54) is 12.6 Å². The summed E-state index contributed by atoms with van der Waals surface area (Å²) in [6, 6.07) is 0. The molecule has 4 heteroatoms. The lowest BCUT2D eigenvalue weighted by molar-refractivity contribution is 1.36. The fraction of sp³-hybridized carbons (Fsp3) is 1.00. The smallest absolute Gasteiger partial charge is 0.108 e. The van der Waals surface area contributed by atoms with Gasteiger partial charge in [-0.3, -0.25) is 0 Å². The van der Waals surface area contributed by atoms with Crippen molar-refractivity contribution in [3.63, 3.8) is 0 Å². The zero-order valence-electron chi connectivity index (χ0n) is 5.39. The highest BCUT2D eigenvalue weighted by atomic mass is 15.0. The molecule has 0 bridgehead atoms. The van der Waals surface area contributed by atoms with E-state index in [2.05, 4.69) is 21.1 Å². The van der Waals surface area contributed by atoms with E-state index < -0.39 is 0 Å². The van der Waals surface area contributed by atoms with Gasteiger partial charge < -0.3 is 0 Å². The normalized spacial score (nSPS) is 5.75. The van der Waals surface area contributed by atoms with Gasteiger partial charge in [-0.2, -0.15) is 0 Å². The predicted molar refractivity (Wildman–Crippen MR) is 36.2 cm³/mol. The summed E-state index contributed by atoms with van der Waals surface area (Å²) in [7, 11) is 2.25. The van der Waals surface area contributed by atoms with E-state index in [0.717, 1.165) is 0 Å². The zero-order chi connectivity index (χ0) is 6.83. The molecule has 1 radical (unpaired) electrons. The standard InChI is InChI=1S/C4H10B.HN3/c1-3-5-4-2;1-3-2/h3-4H2,1-2H3;1H. The molecule has 1 N–H and O–H groups in total. The second-order valence-corrected chi connectivity index (χ2v) is 1.21. The topological polar surface area (TPSA) is 60.3 Å². The summed E-state index contributed by atoms with van der Waals surface area (Å²) in [6.45, 7) is 4.31. The highest BCUT2D eigenvalue weighted by molar-refractivity contribution is 6.34. The van der Waals surface area contributed by atoms with Crippen molar-refractivity contribution in [2.75, 3.05) is 0 Å². The van der Waals surface area contributed by atoms with Crippen LogP contribution < -0.4 is 0 Å². The van der Waals surface area contributed by atoms with Crippen LogP contribution in [0.15, 0.2) is 0 Å². The largest absolute Gasteiger partial charge is 0.108 e. The van der Waals surface area contributed by atoms with Crippen LogP contribution in [0.25, 0.3) is 10.4 Å². The van der Waals surface area contributed by atoms with Gasteiger partial charge in [-0.25, -0.2) is 0 Å². The lowest BCUT2D eigenvalue weighted by atomic mass is 9.73. The third-order valence-electron chi connectivity index (χ3n) is 0.577. The summed E-state index contributed by atoms with van der Waals surface area (Å²) in [5.74, 6) is 0. The van der Waals surface area contributed by atoms with Gasteiger partial charge in [0.2, 0.25) is 0 Å². The van der Waals surface area contributed by atoms with Crippen LogP contribution in [0.3, 0.4) is 0 Å². The number of hydrogen-bond donors (Lipinski definition) is 1. The Morgan fingerprint density at radius 1 is 1.50 bits per heavy atom. The Kier molecular flexibility index (Phi) is 21.0. The average molecular weight is 112 g/mol. The van der Waals surface area contributed by atoms with Gasteiger partial charge in [0, 0.05) is 0 Å². The van der Waals surface area contributed by atoms with Gasteiger partial charge in [-0.15, -0.1) is 5.53 Å². The molecule has 8 heavy (non-hydrogen) atoms. The zero-order valence-corrected chi connectivity index (χ0v) is 5.39. The van der Waals surface area contributed by atoms with Crippen LogP contribution in [0, 0.1) is 5.53 Å². The number of rotatable bonds is 2. The minimum Gasteiger partial charge on any atom is -0.108 e. The van der Waals surface area contributed by atoms with Crippen molar-refractivity contribution < 1.29 is 0 Å². The van der Waals surface area contributed by atoms with E-state index in [4.69, 9.17) is 11.1 Å². The molecule has 0 aliphatic heterocycles. The van der Waals surface area contributed by atoms with Crippen molar-refractivity contribution in [1.29, 1.82) is 5.53 Å². The Morgan fingerprint density at radius 2 is 1.75 bits per heavy atom. The Morgan fingerprint density at radius 3 is 1.75 bits per heavy atom. The molecule has 0 fully saturated rings. The van der Waals surface area contributed by atoms with Crippen LogP contribution in [0.5, 0.6) is 0 Å². The molecule has 0 aliphatic rings. The van der Waals surface area contributed by atoms with Crippen molar-refractivity contribution in [3.05, 3.63) is 10.4 Å².